The first-order chi connectivity index (χ1) is 10.8. The summed E-state index contributed by atoms with van der Waals surface area (Å²) < 4.78 is 0. The zero-order valence-corrected chi connectivity index (χ0v) is 12.4. The molecule has 1 heterocycles. The summed E-state index contributed by atoms with van der Waals surface area (Å²) >= 11 is 0. The lowest BCUT2D eigenvalue weighted by Gasteiger charge is -1.96. The second-order valence-corrected chi connectivity index (χ2v) is 5.02. The lowest BCUT2D eigenvalue weighted by Crippen LogP contribution is -2.03. The van der Waals surface area contributed by atoms with Crippen molar-refractivity contribution in [1.29, 1.82) is 0 Å². The fourth-order valence-electron chi connectivity index (χ4n) is 2.17. The van der Waals surface area contributed by atoms with Crippen LogP contribution in [0.3, 0.4) is 0 Å². The number of hydrogen-bond acceptors (Lipinski definition) is 3. The summed E-state index contributed by atoms with van der Waals surface area (Å²) in [7, 11) is 0. The molecule has 4 nitrogen and oxygen atoms in total. The van der Waals surface area contributed by atoms with Gasteiger partial charge in [0.2, 0.25) is 0 Å². The van der Waals surface area contributed by atoms with Crippen LogP contribution in [0.2, 0.25) is 0 Å². The molecule has 1 saturated heterocycles. The standard InChI is InChI=1S/C14H11NO2.C4H9N/c16-15(17)14-9-5-4-8-13(14)11-10-12-6-2-1-3-7-12;1-2-4-5-3-1/h1-11H;5H,1-4H2. The van der Waals surface area contributed by atoms with Crippen LogP contribution in [-0.2, 0) is 0 Å². The lowest BCUT2D eigenvalue weighted by molar-refractivity contribution is -0.385. The fourth-order valence-corrected chi connectivity index (χ4v) is 2.17. The van der Waals surface area contributed by atoms with Crippen LogP contribution >= 0.6 is 0 Å². The maximum atomic E-state index is 10.8. The van der Waals surface area contributed by atoms with Crippen LogP contribution in [0.4, 0.5) is 5.69 Å². The van der Waals surface area contributed by atoms with E-state index >= 15 is 0 Å². The Bertz CT molecular complexity index is 612. The van der Waals surface area contributed by atoms with Gasteiger partial charge in [-0.1, -0.05) is 48.5 Å². The van der Waals surface area contributed by atoms with Crippen molar-refractivity contribution in [3.8, 4) is 0 Å². The van der Waals surface area contributed by atoms with Gasteiger partial charge in [-0.2, -0.15) is 0 Å². The molecule has 0 saturated carbocycles. The predicted molar refractivity (Wildman–Crippen MR) is 90.6 cm³/mol. The van der Waals surface area contributed by atoms with Gasteiger partial charge in [-0.15, -0.1) is 0 Å². The second-order valence-electron chi connectivity index (χ2n) is 5.02. The molecule has 1 N–H and O–H groups in total. The number of nitrogens with zero attached hydrogens (tertiary/aromatic N) is 1. The van der Waals surface area contributed by atoms with E-state index in [1.54, 1.807) is 24.3 Å². The van der Waals surface area contributed by atoms with Gasteiger partial charge in [0.05, 0.1) is 10.5 Å². The summed E-state index contributed by atoms with van der Waals surface area (Å²) in [6.45, 7) is 2.50. The van der Waals surface area contributed by atoms with E-state index in [0.29, 0.717) is 5.56 Å². The molecule has 0 radical (unpaired) electrons. The Morgan fingerprint density at radius 2 is 1.55 bits per heavy atom. The minimum absolute atomic E-state index is 0.125. The van der Waals surface area contributed by atoms with Gasteiger partial charge < -0.3 is 5.32 Å². The first kappa shape index (κ1) is 15.9. The highest BCUT2D eigenvalue weighted by atomic mass is 16.6. The van der Waals surface area contributed by atoms with E-state index in [2.05, 4.69) is 5.32 Å². The molecule has 0 aliphatic carbocycles. The molecule has 0 bridgehead atoms. The number of benzene rings is 2. The van der Waals surface area contributed by atoms with E-state index in [9.17, 15) is 10.1 Å². The molecule has 3 rings (SSSR count). The molecule has 1 aliphatic rings. The quantitative estimate of drug-likeness (QED) is 0.526. The summed E-state index contributed by atoms with van der Waals surface area (Å²) in [5, 5.41) is 14.0. The maximum absolute atomic E-state index is 10.8. The van der Waals surface area contributed by atoms with Gasteiger partial charge in [-0.3, -0.25) is 10.1 Å². The van der Waals surface area contributed by atoms with Gasteiger partial charge in [0.25, 0.3) is 5.69 Å². The van der Waals surface area contributed by atoms with Crippen LogP contribution in [0.25, 0.3) is 12.2 Å². The summed E-state index contributed by atoms with van der Waals surface area (Å²) in [5.74, 6) is 0. The van der Waals surface area contributed by atoms with Crippen molar-refractivity contribution in [3.63, 3.8) is 0 Å². The van der Waals surface area contributed by atoms with E-state index in [-0.39, 0.29) is 10.6 Å². The van der Waals surface area contributed by atoms with Crippen molar-refractivity contribution in [2.75, 3.05) is 13.1 Å². The third-order valence-electron chi connectivity index (χ3n) is 3.35. The summed E-state index contributed by atoms with van der Waals surface area (Å²) in [4.78, 5) is 10.4. The molecule has 0 amide bonds. The lowest BCUT2D eigenvalue weighted by atomic mass is 10.1. The van der Waals surface area contributed by atoms with E-state index < -0.39 is 0 Å². The molecule has 2 aromatic carbocycles. The van der Waals surface area contributed by atoms with Gasteiger partial charge in [0, 0.05) is 6.07 Å². The third-order valence-corrected chi connectivity index (χ3v) is 3.35. The number of rotatable bonds is 3. The van der Waals surface area contributed by atoms with Crippen LogP contribution in [0.15, 0.2) is 54.6 Å². The first-order valence-electron chi connectivity index (χ1n) is 7.44. The second kappa shape index (κ2) is 8.74. The van der Waals surface area contributed by atoms with E-state index in [0.717, 1.165) is 5.56 Å². The number of nitro groups is 1. The van der Waals surface area contributed by atoms with E-state index in [4.69, 9.17) is 0 Å². The molecule has 0 unspecified atom stereocenters. The maximum Gasteiger partial charge on any atom is 0.276 e. The van der Waals surface area contributed by atoms with Gasteiger partial charge in [0.15, 0.2) is 0 Å². The first-order valence-corrected chi connectivity index (χ1v) is 7.44. The molecule has 1 fully saturated rings. The van der Waals surface area contributed by atoms with Crippen molar-refractivity contribution in [1.82, 2.24) is 5.32 Å². The Morgan fingerprint density at radius 1 is 0.909 bits per heavy atom. The Balaban J connectivity index is 0.000000299. The monoisotopic (exact) mass is 296 g/mol. The highest BCUT2D eigenvalue weighted by Gasteiger charge is 2.08. The molecule has 114 valence electrons. The predicted octanol–water partition coefficient (Wildman–Crippen LogP) is 4.14. The van der Waals surface area contributed by atoms with Crippen molar-refractivity contribution < 1.29 is 4.92 Å². The minimum Gasteiger partial charge on any atom is -0.317 e. The molecule has 0 aromatic heterocycles. The Morgan fingerprint density at radius 3 is 2.14 bits per heavy atom. The zero-order chi connectivity index (χ0) is 15.6. The van der Waals surface area contributed by atoms with Gasteiger partial charge in [-0.05, 0) is 43.6 Å². The summed E-state index contributed by atoms with van der Waals surface area (Å²) in [5.41, 5.74) is 1.76. The normalized spacial score (nSPS) is 13.6. The van der Waals surface area contributed by atoms with Gasteiger partial charge >= 0.3 is 0 Å². The van der Waals surface area contributed by atoms with Crippen molar-refractivity contribution in [2.24, 2.45) is 0 Å². The van der Waals surface area contributed by atoms with Gasteiger partial charge in [0.1, 0.15) is 0 Å². The van der Waals surface area contributed by atoms with Crippen LogP contribution in [0, 0.1) is 10.1 Å². The summed E-state index contributed by atoms with van der Waals surface area (Å²) in [6.07, 6.45) is 6.40. The van der Waals surface area contributed by atoms with E-state index in [1.165, 1.54) is 32.0 Å². The summed E-state index contributed by atoms with van der Waals surface area (Å²) in [6, 6.07) is 16.4. The average Bonchev–Trinajstić information content (AvgIpc) is 3.14. The zero-order valence-electron chi connectivity index (χ0n) is 12.4. The van der Waals surface area contributed by atoms with Crippen molar-refractivity contribution >= 4 is 17.8 Å². The molecule has 22 heavy (non-hydrogen) atoms. The van der Waals surface area contributed by atoms with Crippen LogP contribution in [0.1, 0.15) is 24.0 Å². The Kier molecular flexibility index (Phi) is 6.33. The number of para-hydroxylation sites is 1. The third kappa shape index (κ3) is 5.14. The largest absolute Gasteiger partial charge is 0.317 e. The van der Waals surface area contributed by atoms with Gasteiger partial charge in [-0.25, -0.2) is 0 Å². The van der Waals surface area contributed by atoms with Crippen LogP contribution in [0.5, 0.6) is 0 Å². The number of nitro benzene ring substituents is 1. The molecule has 0 atom stereocenters. The Hall–Kier alpha value is -2.46. The highest BCUT2D eigenvalue weighted by Crippen LogP contribution is 2.20. The number of hydrogen-bond donors (Lipinski definition) is 1. The van der Waals surface area contributed by atoms with Crippen molar-refractivity contribution in [3.05, 3.63) is 75.8 Å². The topological polar surface area (TPSA) is 55.2 Å². The smallest absolute Gasteiger partial charge is 0.276 e. The molecule has 4 heteroatoms. The van der Waals surface area contributed by atoms with Crippen LogP contribution in [-0.4, -0.2) is 18.0 Å². The minimum atomic E-state index is -0.370. The van der Waals surface area contributed by atoms with E-state index in [1.807, 2.05) is 36.4 Å². The molecule has 1 aliphatic heterocycles. The highest BCUT2D eigenvalue weighted by molar-refractivity contribution is 5.73. The van der Waals surface area contributed by atoms with Crippen molar-refractivity contribution in [2.45, 2.75) is 12.8 Å². The SMILES string of the molecule is C1CCNC1.O=[N+]([O-])c1ccccc1C=Cc1ccccc1. The molecule has 2 aromatic rings. The average molecular weight is 296 g/mol. The molecular weight excluding hydrogens is 276 g/mol. The van der Waals surface area contributed by atoms with Crippen LogP contribution < -0.4 is 5.32 Å². The molecule has 0 spiro atoms. The Labute approximate surface area is 130 Å². The fraction of sp³-hybridized carbons (Fsp3) is 0.222. The molecular formula is C18H20N2O2. The number of nitrogens with one attached hydrogen (secondary N) is 1.